The number of anilines is 1. The zero-order chi connectivity index (χ0) is 15.2. The van der Waals surface area contributed by atoms with Crippen LogP contribution in [0.5, 0.6) is 0 Å². The van der Waals surface area contributed by atoms with E-state index in [2.05, 4.69) is 15.0 Å². The number of methoxy groups -OCH3 is 1. The topological polar surface area (TPSA) is 68.3 Å². The predicted molar refractivity (Wildman–Crippen MR) is 79.1 cm³/mol. The van der Waals surface area contributed by atoms with Gasteiger partial charge in [-0.2, -0.15) is 0 Å². The minimum absolute atomic E-state index is 0.207. The Balaban J connectivity index is 2.05. The van der Waals surface area contributed by atoms with E-state index in [-0.39, 0.29) is 18.3 Å². The highest BCUT2D eigenvalue weighted by Crippen LogP contribution is 2.13. The van der Waals surface area contributed by atoms with E-state index in [4.69, 9.17) is 0 Å². The zero-order valence-corrected chi connectivity index (χ0v) is 11.9. The average Bonchev–Trinajstić information content (AvgIpc) is 2.49. The van der Waals surface area contributed by atoms with Gasteiger partial charge in [0.05, 0.1) is 19.1 Å². The van der Waals surface area contributed by atoms with Crippen LogP contribution in [0.15, 0.2) is 42.6 Å². The Morgan fingerprint density at radius 3 is 2.52 bits per heavy atom. The lowest BCUT2D eigenvalue weighted by Gasteiger charge is -2.07. The van der Waals surface area contributed by atoms with Crippen molar-refractivity contribution < 1.29 is 14.3 Å². The Bertz CT molecular complexity index is 651. The number of aryl methyl sites for hydroxylation is 1. The van der Waals surface area contributed by atoms with Crippen LogP contribution >= 0.6 is 0 Å². The summed E-state index contributed by atoms with van der Waals surface area (Å²) in [7, 11) is 1.35. The van der Waals surface area contributed by atoms with Crippen LogP contribution in [-0.4, -0.2) is 24.0 Å². The van der Waals surface area contributed by atoms with Crippen LogP contribution < -0.4 is 5.32 Å². The van der Waals surface area contributed by atoms with Gasteiger partial charge in [0, 0.05) is 17.6 Å². The summed E-state index contributed by atoms with van der Waals surface area (Å²) >= 11 is 0. The summed E-state index contributed by atoms with van der Waals surface area (Å²) < 4.78 is 4.60. The van der Waals surface area contributed by atoms with Crippen molar-refractivity contribution >= 4 is 17.6 Å². The fourth-order valence-corrected chi connectivity index (χ4v) is 1.87. The summed E-state index contributed by atoms with van der Waals surface area (Å²) in [5, 5.41) is 2.80. The van der Waals surface area contributed by atoms with Gasteiger partial charge in [-0.25, -0.2) is 0 Å². The molecule has 1 N–H and O–H groups in total. The summed E-state index contributed by atoms with van der Waals surface area (Å²) in [5.41, 5.74) is 2.71. The number of nitrogens with one attached hydrogen (secondary N) is 1. The third kappa shape index (κ3) is 3.89. The van der Waals surface area contributed by atoms with E-state index in [0.717, 1.165) is 5.56 Å². The van der Waals surface area contributed by atoms with Crippen LogP contribution in [0.4, 0.5) is 5.69 Å². The number of ether oxygens (including phenoxy) is 1. The molecule has 0 saturated carbocycles. The molecule has 0 fully saturated rings. The number of nitrogens with zero attached hydrogens (tertiary/aromatic N) is 1. The molecule has 0 bridgehead atoms. The Labute approximate surface area is 123 Å². The van der Waals surface area contributed by atoms with Gasteiger partial charge in [0.2, 0.25) is 0 Å². The fourth-order valence-electron chi connectivity index (χ4n) is 1.87. The first kappa shape index (κ1) is 14.7. The molecule has 0 radical (unpaired) electrons. The van der Waals surface area contributed by atoms with Crippen molar-refractivity contribution in [3.63, 3.8) is 0 Å². The van der Waals surface area contributed by atoms with Crippen LogP contribution in [0.2, 0.25) is 0 Å². The molecule has 0 saturated heterocycles. The normalized spacial score (nSPS) is 10.0. The third-order valence-corrected chi connectivity index (χ3v) is 3.04. The Morgan fingerprint density at radius 2 is 1.90 bits per heavy atom. The van der Waals surface area contributed by atoms with Crippen molar-refractivity contribution in [2.75, 3.05) is 12.4 Å². The lowest BCUT2D eigenvalue weighted by molar-refractivity contribution is -0.139. The Hall–Kier alpha value is -2.69. The van der Waals surface area contributed by atoms with E-state index in [9.17, 15) is 9.59 Å². The van der Waals surface area contributed by atoms with Gasteiger partial charge >= 0.3 is 5.97 Å². The van der Waals surface area contributed by atoms with Crippen molar-refractivity contribution in [2.24, 2.45) is 0 Å². The first-order chi connectivity index (χ1) is 10.1. The summed E-state index contributed by atoms with van der Waals surface area (Å²) in [6, 6.07) is 10.5. The van der Waals surface area contributed by atoms with Gasteiger partial charge < -0.3 is 10.1 Å². The molecular formula is C16H16N2O3. The minimum Gasteiger partial charge on any atom is -0.469 e. The highest BCUT2D eigenvalue weighted by molar-refractivity contribution is 6.04. The van der Waals surface area contributed by atoms with Crippen molar-refractivity contribution in [3.05, 3.63) is 59.4 Å². The van der Waals surface area contributed by atoms with Crippen molar-refractivity contribution in [3.8, 4) is 0 Å². The molecule has 2 rings (SSSR count). The van der Waals surface area contributed by atoms with Crippen LogP contribution in [0.25, 0.3) is 0 Å². The van der Waals surface area contributed by atoms with Gasteiger partial charge in [-0.15, -0.1) is 0 Å². The monoisotopic (exact) mass is 284 g/mol. The van der Waals surface area contributed by atoms with Crippen molar-refractivity contribution in [2.45, 2.75) is 13.3 Å². The third-order valence-electron chi connectivity index (χ3n) is 3.04. The van der Waals surface area contributed by atoms with E-state index in [1.807, 2.05) is 0 Å². The van der Waals surface area contributed by atoms with Crippen LogP contribution in [0.1, 0.15) is 21.6 Å². The number of aromatic nitrogens is 1. The van der Waals surface area contributed by atoms with E-state index >= 15 is 0 Å². The molecule has 0 unspecified atom stereocenters. The number of esters is 1. The molecular weight excluding hydrogens is 268 g/mol. The fraction of sp³-hybridized carbons (Fsp3) is 0.188. The molecule has 108 valence electrons. The number of carbonyl (C=O) groups excluding carboxylic acids is 2. The molecule has 21 heavy (non-hydrogen) atoms. The second-order valence-electron chi connectivity index (χ2n) is 4.54. The molecule has 2 aromatic rings. The Kier molecular flexibility index (Phi) is 4.66. The molecule has 1 heterocycles. The highest BCUT2D eigenvalue weighted by atomic mass is 16.5. The predicted octanol–water partition coefficient (Wildman–Crippen LogP) is 2.36. The number of amides is 1. The lowest BCUT2D eigenvalue weighted by Crippen LogP contribution is -2.14. The summed E-state index contributed by atoms with van der Waals surface area (Å²) in [5.74, 6) is -0.501. The van der Waals surface area contributed by atoms with Gasteiger partial charge in [-0.3, -0.25) is 14.6 Å². The average molecular weight is 284 g/mol. The number of pyridine rings is 1. The quantitative estimate of drug-likeness (QED) is 0.875. The minimum atomic E-state index is -0.294. The molecule has 1 amide bonds. The SMILES string of the molecule is COC(=O)Cc1ccc(NC(=O)c2cccnc2C)cc1. The van der Waals surface area contributed by atoms with Crippen LogP contribution in [0.3, 0.4) is 0 Å². The first-order valence-electron chi connectivity index (χ1n) is 6.49. The van der Waals surface area contributed by atoms with Gasteiger partial charge in [-0.1, -0.05) is 12.1 Å². The molecule has 5 nitrogen and oxygen atoms in total. The molecule has 0 aliphatic rings. The summed E-state index contributed by atoms with van der Waals surface area (Å²) in [4.78, 5) is 27.4. The van der Waals surface area contributed by atoms with Gasteiger partial charge in [0.1, 0.15) is 0 Å². The number of hydrogen-bond acceptors (Lipinski definition) is 4. The largest absolute Gasteiger partial charge is 0.469 e. The second kappa shape index (κ2) is 6.65. The number of hydrogen-bond donors (Lipinski definition) is 1. The van der Waals surface area contributed by atoms with Crippen LogP contribution in [0, 0.1) is 6.92 Å². The summed E-state index contributed by atoms with van der Waals surface area (Å²) in [6.07, 6.45) is 1.86. The second-order valence-corrected chi connectivity index (χ2v) is 4.54. The number of carbonyl (C=O) groups is 2. The maximum absolute atomic E-state index is 12.1. The lowest BCUT2D eigenvalue weighted by atomic mass is 10.1. The maximum Gasteiger partial charge on any atom is 0.309 e. The standard InChI is InChI=1S/C16H16N2O3/c1-11-14(4-3-9-17-11)16(20)18-13-7-5-12(6-8-13)10-15(19)21-2/h3-9H,10H2,1-2H3,(H,18,20). The molecule has 0 aliphatic carbocycles. The van der Waals surface area contributed by atoms with Gasteiger partial charge in [-0.05, 0) is 36.8 Å². The van der Waals surface area contributed by atoms with Crippen molar-refractivity contribution in [1.82, 2.24) is 4.98 Å². The van der Waals surface area contributed by atoms with Gasteiger partial charge in [0.25, 0.3) is 5.91 Å². The maximum atomic E-state index is 12.1. The first-order valence-corrected chi connectivity index (χ1v) is 6.49. The van der Waals surface area contributed by atoms with Crippen LogP contribution in [-0.2, 0) is 16.0 Å². The van der Waals surface area contributed by atoms with Crippen molar-refractivity contribution in [1.29, 1.82) is 0 Å². The number of benzene rings is 1. The highest BCUT2D eigenvalue weighted by Gasteiger charge is 2.09. The molecule has 5 heteroatoms. The van der Waals surface area contributed by atoms with E-state index < -0.39 is 0 Å². The van der Waals surface area contributed by atoms with Gasteiger partial charge in [0.15, 0.2) is 0 Å². The van der Waals surface area contributed by atoms with E-state index in [1.54, 1.807) is 49.5 Å². The smallest absolute Gasteiger partial charge is 0.309 e. The van der Waals surface area contributed by atoms with E-state index in [1.165, 1.54) is 7.11 Å². The summed E-state index contributed by atoms with van der Waals surface area (Å²) in [6.45, 7) is 1.79. The molecule has 1 aromatic carbocycles. The Morgan fingerprint density at radius 1 is 1.19 bits per heavy atom. The zero-order valence-electron chi connectivity index (χ0n) is 11.9. The molecule has 0 aliphatic heterocycles. The molecule has 1 aromatic heterocycles. The molecule has 0 spiro atoms. The van der Waals surface area contributed by atoms with E-state index in [0.29, 0.717) is 16.9 Å². The number of rotatable bonds is 4. The molecule has 0 atom stereocenters.